The average Bonchev–Trinajstić information content (AvgIpc) is 2.11. The van der Waals surface area contributed by atoms with Crippen molar-refractivity contribution in [3.63, 3.8) is 0 Å². The highest BCUT2D eigenvalue weighted by molar-refractivity contribution is 6.57. The Morgan fingerprint density at radius 1 is 1.33 bits per heavy atom. The van der Waals surface area contributed by atoms with Gasteiger partial charge in [-0.1, -0.05) is 55.8 Å². The number of aliphatic carboxylic acids is 1. The molecular weight excluding hydrogens is 258 g/mol. The van der Waals surface area contributed by atoms with Gasteiger partial charge in [0.2, 0.25) is 4.33 Å². The molecule has 0 aromatic rings. The third kappa shape index (κ3) is 7.26. The second-order valence-electron chi connectivity index (χ2n) is 3.66. The van der Waals surface area contributed by atoms with Gasteiger partial charge in [-0.25, -0.2) is 4.79 Å². The van der Waals surface area contributed by atoms with Crippen LogP contribution in [-0.4, -0.2) is 20.8 Å². The second-order valence-corrected chi connectivity index (χ2v) is 5.76. The van der Waals surface area contributed by atoms with E-state index in [4.69, 9.17) is 39.9 Å². The molecule has 90 valence electrons. The van der Waals surface area contributed by atoms with Gasteiger partial charge in [-0.05, 0) is 6.42 Å². The Labute approximate surface area is 106 Å². The molecule has 0 radical (unpaired) electrons. The van der Waals surface area contributed by atoms with Gasteiger partial charge >= 0.3 is 5.97 Å². The van der Waals surface area contributed by atoms with Crippen molar-refractivity contribution in [3.8, 4) is 0 Å². The van der Waals surface area contributed by atoms with Crippen LogP contribution in [0.2, 0.25) is 0 Å². The van der Waals surface area contributed by atoms with Crippen molar-refractivity contribution in [3.05, 3.63) is 0 Å². The molecule has 0 saturated carbocycles. The second kappa shape index (κ2) is 7.59. The summed E-state index contributed by atoms with van der Waals surface area (Å²) in [5.41, 5.74) is 0. The monoisotopic (exact) mass is 274 g/mol. The summed E-state index contributed by atoms with van der Waals surface area (Å²) in [5, 5.41) is 8.41. The Morgan fingerprint density at radius 2 is 1.93 bits per heavy atom. The first-order chi connectivity index (χ1) is 6.90. The third-order valence-electron chi connectivity index (χ3n) is 2.16. The van der Waals surface area contributed by atoms with Crippen LogP contribution in [0.25, 0.3) is 0 Å². The maximum Gasteiger partial charge on any atom is 0.340 e. The number of carbonyl (C=O) groups is 1. The van der Waals surface area contributed by atoms with E-state index >= 15 is 0 Å². The summed E-state index contributed by atoms with van der Waals surface area (Å²) in [5.74, 6) is -1.23. The van der Waals surface area contributed by atoms with Gasteiger partial charge in [0.1, 0.15) is 0 Å². The highest BCUT2D eigenvalue weighted by Crippen LogP contribution is 2.30. The zero-order valence-corrected chi connectivity index (χ0v) is 11.1. The van der Waals surface area contributed by atoms with Crippen LogP contribution in [0, 0.1) is 0 Å². The molecular formula is C10H17Cl3O2. The zero-order valence-electron chi connectivity index (χ0n) is 8.81. The smallest absolute Gasteiger partial charge is 0.340 e. The number of carboxylic acid groups (broad SMARTS) is 1. The normalized spacial score (nSPS) is 13.9. The lowest BCUT2D eigenvalue weighted by atomic mass is 10.1. The fraction of sp³-hybridized carbons (Fsp3) is 0.900. The summed E-state index contributed by atoms with van der Waals surface area (Å²) < 4.78 is -1.75. The number of halogens is 3. The minimum atomic E-state index is -1.75. The summed E-state index contributed by atoms with van der Waals surface area (Å²) >= 11 is 17.1. The number of carboxylic acids is 1. The van der Waals surface area contributed by atoms with Crippen molar-refractivity contribution in [1.82, 2.24) is 0 Å². The minimum Gasteiger partial charge on any atom is -0.479 e. The molecule has 0 bridgehead atoms. The molecule has 0 aliphatic carbocycles. The maximum atomic E-state index is 10.6. The van der Waals surface area contributed by atoms with E-state index in [9.17, 15) is 4.79 Å². The lowest BCUT2D eigenvalue weighted by Gasteiger charge is -2.17. The molecule has 0 aromatic carbocycles. The summed E-state index contributed by atoms with van der Waals surface area (Å²) in [7, 11) is 0. The molecule has 2 nitrogen and oxygen atoms in total. The standard InChI is InChI=1S/C10H17Cl3O2/c1-2-3-4-5-6-8(11)7-10(12,13)9(14)15/h8H,2-7H2,1H3,(H,14,15). The van der Waals surface area contributed by atoms with Gasteiger partial charge in [0.05, 0.1) is 0 Å². The van der Waals surface area contributed by atoms with Crippen molar-refractivity contribution in [1.29, 1.82) is 0 Å². The van der Waals surface area contributed by atoms with Gasteiger partial charge in [-0.2, -0.15) is 0 Å². The van der Waals surface area contributed by atoms with E-state index in [1.54, 1.807) is 0 Å². The number of alkyl halides is 3. The largest absolute Gasteiger partial charge is 0.479 e. The Hall–Kier alpha value is 0.340. The molecule has 0 aliphatic heterocycles. The lowest BCUT2D eigenvalue weighted by molar-refractivity contribution is -0.137. The van der Waals surface area contributed by atoms with E-state index in [0.717, 1.165) is 25.7 Å². The van der Waals surface area contributed by atoms with E-state index in [0.29, 0.717) is 0 Å². The van der Waals surface area contributed by atoms with Crippen molar-refractivity contribution < 1.29 is 9.90 Å². The van der Waals surface area contributed by atoms with E-state index in [-0.39, 0.29) is 11.8 Å². The van der Waals surface area contributed by atoms with Gasteiger partial charge in [-0.3, -0.25) is 0 Å². The Morgan fingerprint density at radius 3 is 2.40 bits per heavy atom. The SMILES string of the molecule is CCCCCCC(Cl)CC(Cl)(Cl)C(=O)O. The summed E-state index contributed by atoms with van der Waals surface area (Å²) in [4.78, 5) is 10.6. The topological polar surface area (TPSA) is 37.3 Å². The Bertz CT molecular complexity index is 195. The van der Waals surface area contributed by atoms with Gasteiger partial charge in [0.25, 0.3) is 0 Å². The van der Waals surface area contributed by atoms with Crippen LogP contribution >= 0.6 is 34.8 Å². The van der Waals surface area contributed by atoms with Crippen molar-refractivity contribution in [2.45, 2.75) is 55.2 Å². The van der Waals surface area contributed by atoms with Crippen LogP contribution in [0.15, 0.2) is 0 Å². The number of unbranched alkanes of at least 4 members (excludes halogenated alkanes) is 3. The van der Waals surface area contributed by atoms with Gasteiger partial charge in [-0.15, -0.1) is 11.6 Å². The fourth-order valence-corrected chi connectivity index (χ4v) is 2.18. The molecule has 0 spiro atoms. The molecule has 1 atom stereocenters. The van der Waals surface area contributed by atoms with Gasteiger partial charge < -0.3 is 5.11 Å². The predicted octanol–water partition coefficient (Wildman–Crippen LogP) is 4.21. The molecule has 5 heteroatoms. The summed E-state index contributed by atoms with van der Waals surface area (Å²) in [6, 6.07) is 0. The highest BCUT2D eigenvalue weighted by atomic mass is 35.5. The summed E-state index contributed by atoms with van der Waals surface area (Å²) in [6.07, 6.45) is 5.29. The molecule has 0 saturated heterocycles. The van der Waals surface area contributed by atoms with Gasteiger partial charge in [0.15, 0.2) is 0 Å². The van der Waals surface area contributed by atoms with E-state index in [1.807, 2.05) is 0 Å². The first-order valence-electron chi connectivity index (χ1n) is 5.15. The van der Waals surface area contributed by atoms with Crippen LogP contribution in [0.4, 0.5) is 0 Å². The number of rotatable bonds is 8. The average molecular weight is 276 g/mol. The molecule has 1 N–H and O–H groups in total. The van der Waals surface area contributed by atoms with Crippen LogP contribution in [0.5, 0.6) is 0 Å². The first kappa shape index (κ1) is 15.3. The van der Waals surface area contributed by atoms with Crippen molar-refractivity contribution in [2.24, 2.45) is 0 Å². The minimum absolute atomic E-state index is 0.0825. The molecule has 0 fully saturated rings. The van der Waals surface area contributed by atoms with Crippen LogP contribution in [0.3, 0.4) is 0 Å². The Kier molecular flexibility index (Phi) is 7.76. The van der Waals surface area contributed by atoms with Crippen LogP contribution in [0.1, 0.15) is 45.4 Å². The molecule has 1 unspecified atom stereocenters. The molecule has 0 heterocycles. The van der Waals surface area contributed by atoms with Crippen molar-refractivity contribution >= 4 is 40.8 Å². The molecule has 0 aromatic heterocycles. The number of hydrogen-bond donors (Lipinski definition) is 1. The predicted molar refractivity (Wildman–Crippen MR) is 65.1 cm³/mol. The number of hydrogen-bond acceptors (Lipinski definition) is 1. The van der Waals surface area contributed by atoms with Crippen molar-refractivity contribution in [2.75, 3.05) is 0 Å². The van der Waals surface area contributed by atoms with Crippen LogP contribution < -0.4 is 0 Å². The molecule has 0 aliphatic rings. The maximum absolute atomic E-state index is 10.6. The molecule has 0 amide bonds. The van der Waals surface area contributed by atoms with Crippen LogP contribution in [-0.2, 0) is 4.79 Å². The first-order valence-corrected chi connectivity index (χ1v) is 6.34. The Balaban J connectivity index is 3.73. The highest BCUT2D eigenvalue weighted by Gasteiger charge is 2.35. The van der Waals surface area contributed by atoms with E-state index < -0.39 is 10.3 Å². The zero-order chi connectivity index (χ0) is 11.9. The van der Waals surface area contributed by atoms with E-state index in [1.165, 1.54) is 6.42 Å². The quantitative estimate of drug-likeness (QED) is 0.532. The molecule has 0 rings (SSSR count). The molecule has 15 heavy (non-hydrogen) atoms. The fourth-order valence-electron chi connectivity index (χ4n) is 1.26. The third-order valence-corrected chi connectivity index (χ3v) is 3.17. The summed E-state index contributed by atoms with van der Waals surface area (Å²) in [6.45, 7) is 2.13. The van der Waals surface area contributed by atoms with E-state index in [2.05, 4.69) is 6.92 Å². The van der Waals surface area contributed by atoms with Gasteiger partial charge in [0, 0.05) is 11.8 Å². The lowest BCUT2D eigenvalue weighted by Crippen LogP contribution is -2.28.